The number of carbonyl (C=O) groups is 1. The van der Waals surface area contributed by atoms with Gasteiger partial charge >= 0.3 is 5.97 Å². The number of ether oxygens (including phenoxy) is 1. The van der Waals surface area contributed by atoms with E-state index in [2.05, 4.69) is 22.3 Å². The second kappa shape index (κ2) is 7.67. The first-order valence-electron chi connectivity index (χ1n) is 8.30. The third-order valence-electron chi connectivity index (χ3n) is 4.03. The lowest BCUT2D eigenvalue weighted by Crippen LogP contribution is -2.07. The van der Waals surface area contributed by atoms with Gasteiger partial charge in [-0.05, 0) is 49.6 Å². The molecule has 0 radical (unpaired) electrons. The molecule has 1 aromatic heterocycles. The molecule has 6 heteroatoms. The lowest BCUT2D eigenvalue weighted by atomic mass is 10.1. The van der Waals surface area contributed by atoms with Gasteiger partial charge in [-0.1, -0.05) is 24.1 Å². The average Bonchev–Trinajstić information content (AvgIpc) is 3.04. The van der Waals surface area contributed by atoms with Gasteiger partial charge in [0.25, 0.3) is 0 Å². The summed E-state index contributed by atoms with van der Waals surface area (Å²) < 4.78 is 6.86. The Morgan fingerprint density at radius 3 is 2.67 bits per heavy atom. The van der Waals surface area contributed by atoms with Crippen LogP contribution in [0, 0.1) is 18.8 Å². The molecule has 1 heterocycles. The van der Waals surface area contributed by atoms with E-state index in [1.807, 2.05) is 31.2 Å². The number of hydrogen-bond acceptors (Lipinski definition) is 4. The number of methoxy groups -OCH3 is 1. The van der Waals surface area contributed by atoms with Crippen molar-refractivity contribution in [3.63, 3.8) is 0 Å². The van der Waals surface area contributed by atoms with E-state index >= 15 is 0 Å². The van der Waals surface area contributed by atoms with Gasteiger partial charge in [0.05, 0.1) is 24.0 Å². The Kier molecular flexibility index (Phi) is 5.13. The number of anilines is 2. The molecule has 0 unspecified atom stereocenters. The van der Waals surface area contributed by atoms with Crippen LogP contribution in [0.3, 0.4) is 0 Å². The van der Waals surface area contributed by atoms with Crippen LogP contribution >= 0.6 is 0 Å². The molecule has 0 fully saturated rings. The highest BCUT2D eigenvalue weighted by Gasteiger charge is 2.16. The number of benzene rings is 2. The van der Waals surface area contributed by atoms with Gasteiger partial charge in [0.1, 0.15) is 17.3 Å². The first-order valence-corrected chi connectivity index (χ1v) is 8.30. The van der Waals surface area contributed by atoms with Crippen molar-refractivity contribution in [2.45, 2.75) is 13.8 Å². The van der Waals surface area contributed by atoms with E-state index in [1.165, 1.54) is 13.2 Å². The number of para-hydroxylation sites is 1. The molecule has 0 aliphatic heterocycles. The van der Waals surface area contributed by atoms with Crippen LogP contribution in [0.25, 0.3) is 5.69 Å². The summed E-state index contributed by atoms with van der Waals surface area (Å²) in [5, 5.41) is 17.3. The fourth-order valence-electron chi connectivity index (χ4n) is 2.72. The van der Waals surface area contributed by atoms with Gasteiger partial charge in [-0.25, -0.2) is 9.48 Å². The number of carboxylic acid groups (broad SMARTS) is 1. The molecular weight excluding hydrogens is 342 g/mol. The average molecular weight is 361 g/mol. The normalized spacial score (nSPS) is 10.0. The van der Waals surface area contributed by atoms with Crippen LogP contribution in [-0.4, -0.2) is 28.0 Å². The Morgan fingerprint density at radius 1 is 1.22 bits per heavy atom. The Hall–Kier alpha value is -3.72. The molecule has 3 aromatic rings. The highest BCUT2D eigenvalue weighted by atomic mass is 16.5. The van der Waals surface area contributed by atoms with Gasteiger partial charge in [0.2, 0.25) is 0 Å². The summed E-state index contributed by atoms with van der Waals surface area (Å²) in [6.45, 7) is 3.73. The van der Waals surface area contributed by atoms with Crippen LogP contribution in [-0.2, 0) is 0 Å². The van der Waals surface area contributed by atoms with Crippen LogP contribution < -0.4 is 10.1 Å². The van der Waals surface area contributed by atoms with E-state index < -0.39 is 5.97 Å². The van der Waals surface area contributed by atoms with Gasteiger partial charge in [-0.2, -0.15) is 5.10 Å². The molecule has 2 aromatic carbocycles. The van der Waals surface area contributed by atoms with Crippen molar-refractivity contribution in [2.75, 3.05) is 12.4 Å². The number of aryl methyl sites for hydroxylation is 1. The lowest BCUT2D eigenvalue weighted by molar-refractivity contribution is 0.0697. The smallest absolute Gasteiger partial charge is 0.337 e. The van der Waals surface area contributed by atoms with Gasteiger partial charge in [-0.3, -0.25) is 0 Å². The molecule has 136 valence electrons. The van der Waals surface area contributed by atoms with Crippen molar-refractivity contribution < 1.29 is 14.6 Å². The van der Waals surface area contributed by atoms with E-state index in [9.17, 15) is 9.90 Å². The second-order valence-corrected chi connectivity index (χ2v) is 5.83. The Bertz CT molecular complexity index is 1060. The quantitative estimate of drug-likeness (QED) is 0.672. The van der Waals surface area contributed by atoms with Crippen molar-refractivity contribution in [1.29, 1.82) is 0 Å². The number of nitrogens with one attached hydrogen (secondary N) is 1. The van der Waals surface area contributed by atoms with Gasteiger partial charge in [-0.15, -0.1) is 0 Å². The minimum absolute atomic E-state index is 0.106. The molecular formula is C21H19N3O3. The monoisotopic (exact) mass is 361 g/mol. The third kappa shape index (κ3) is 3.77. The van der Waals surface area contributed by atoms with Crippen molar-refractivity contribution in [3.8, 4) is 23.3 Å². The molecule has 0 saturated carbocycles. The number of carboxylic acids is 1. The van der Waals surface area contributed by atoms with Gasteiger partial charge in [0.15, 0.2) is 0 Å². The fraction of sp³-hybridized carbons (Fsp3) is 0.143. The summed E-state index contributed by atoms with van der Waals surface area (Å²) in [4.78, 5) is 11.7. The minimum atomic E-state index is -1.05. The standard InChI is InChI=1S/C21H19N3O3/c1-4-7-15-12-20(24(23-15)19-9-6-5-8-14(19)2)22-18-11-10-16(27-3)13-17(18)21(25)26/h5-6,8-13,22H,1-3H3,(H,25,26). The van der Waals surface area contributed by atoms with Crippen molar-refractivity contribution >= 4 is 17.5 Å². The van der Waals surface area contributed by atoms with Crippen LogP contribution in [0.1, 0.15) is 28.5 Å². The van der Waals surface area contributed by atoms with Crippen molar-refractivity contribution in [1.82, 2.24) is 9.78 Å². The Labute approximate surface area is 157 Å². The maximum atomic E-state index is 11.7. The summed E-state index contributed by atoms with van der Waals surface area (Å²) >= 11 is 0. The molecule has 27 heavy (non-hydrogen) atoms. The summed E-state index contributed by atoms with van der Waals surface area (Å²) in [6.07, 6.45) is 0. The summed E-state index contributed by atoms with van der Waals surface area (Å²) in [7, 11) is 1.50. The zero-order valence-electron chi connectivity index (χ0n) is 15.3. The molecule has 0 aliphatic carbocycles. The molecule has 6 nitrogen and oxygen atoms in total. The highest BCUT2D eigenvalue weighted by Crippen LogP contribution is 2.28. The number of aromatic carboxylic acids is 1. The third-order valence-corrected chi connectivity index (χ3v) is 4.03. The van der Waals surface area contributed by atoms with Crippen LogP contribution in [0.4, 0.5) is 11.5 Å². The first-order chi connectivity index (χ1) is 13.0. The largest absolute Gasteiger partial charge is 0.497 e. The highest BCUT2D eigenvalue weighted by molar-refractivity contribution is 5.95. The molecule has 0 spiro atoms. The zero-order valence-corrected chi connectivity index (χ0v) is 15.3. The molecule has 0 amide bonds. The van der Waals surface area contributed by atoms with Crippen LogP contribution in [0.2, 0.25) is 0 Å². The second-order valence-electron chi connectivity index (χ2n) is 5.83. The van der Waals surface area contributed by atoms with E-state index in [-0.39, 0.29) is 5.56 Å². The van der Waals surface area contributed by atoms with Crippen molar-refractivity contribution in [3.05, 3.63) is 65.4 Å². The maximum Gasteiger partial charge on any atom is 0.337 e. The minimum Gasteiger partial charge on any atom is -0.497 e. The number of nitrogens with zero attached hydrogens (tertiary/aromatic N) is 2. The molecule has 0 aliphatic rings. The number of hydrogen-bond donors (Lipinski definition) is 2. The van der Waals surface area contributed by atoms with Gasteiger partial charge < -0.3 is 15.2 Å². The molecule has 0 saturated heterocycles. The van der Waals surface area contributed by atoms with Gasteiger partial charge in [0, 0.05) is 6.07 Å². The topological polar surface area (TPSA) is 76.4 Å². The van der Waals surface area contributed by atoms with Crippen LogP contribution in [0.5, 0.6) is 5.75 Å². The number of aromatic nitrogens is 2. The Morgan fingerprint density at radius 2 is 2.00 bits per heavy atom. The maximum absolute atomic E-state index is 11.7. The van der Waals surface area contributed by atoms with E-state index in [0.717, 1.165) is 11.3 Å². The summed E-state index contributed by atoms with van der Waals surface area (Å²) in [5.74, 6) is 5.82. The molecule has 2 N–H and O–H groups in total. The predicted octanol–water partition coefficient (Wildman–Crippen LogP) is 4.00. The summed E-state index contributed by atoms with van der Waals surface area (Å²) in [6, 6.07) is 14.5. The first kappa shape index (κ1) is 18.1. The SMILES string of the molecule is CC#Cc1cc(Nc2ccc(OC)cc2C(=O)O)n(-c2ccccc2C)n1. The predicted molar refractivity (Wildman–Crippen MR) is 104 cm³/mol. The van der Waals surface area contributed by atoms with Crippen molar-refractivity contribution in [2.24, 2.45) is 0 Å². The molecule has 0 atom stereocenters. The fourth-order valence-corrected chi connectivity index (χ4v) is 2.72. The van der Waals surface area contributed by atoms with Crippen LogP contribution in [0.15, 0.2) is 48.5 Å². The Balaban J connectivity index is 2.11. The lowest BCUT2D eigenvalue weighted by Gasteiger charge is -2.14. The summed E-state index contributed by atoms with van der Waals surface area (Å²) in [5.41, 5.74) is 3.06. The van der Waals surface area contributed by atoms with E-state index in [0.29, 0.717) is 22.9 Å². The molecule has 0 bridgehead atoms. The van der Waals surface area contributed by atoms with E-state index in [4.69, 9.17) is 4.74 Å². The van der Waals surface area contributed by atoms with E-state index in [1.54, 1.807) is 29.8 Å². The molecule has 3 rings (SSSR count). The number of rotatable bonds is 5. The zero-order chi connectivity index (χ0) is 19.4.